The zero-order chi connectivity index (χ0) is 17.7. The van der Waals surface area contributed by atoms with E-state index in [0.717, 1.165) is 21.3 Å². The van der Waals surface area contributed by atoms with Crippen molar-refractivity contribution in [1.82, 2.24) is 9.21 Å². The van der Waals surface area contributed by atoms with Gasteiger partial charge in [-0.2, -0.15) is 17.5 Å². The van der Waals surface area contributed by atoms with Gasteiger partial charge >= 0.3 is 6.18 Å². The highest BCUT2D eigenvalue weighted by Crippen LogP contribution is 2.36. The van der Waals surface area contributed by atoms with Gasteiger partial charge in [0.05, 0.1) is 16.5 Å². The van der Waals surface area contributed by atoms with Crippen LogP contribution in [0.5, 0.6) is 0 Å². The Morgan fingerprint density at radius 3 is 2.08 bits per heavy atom. The molecule has 10 heteroatoms. The molecule has 2 fully saturated rings. The Morgan fingerprint density at radius 2 is 1.54 bits per heavy atom. The summed E-state index contributed by atoms with van der Waals surface area (Å²) >= 11 is 0. The van der Waals surface area contributed by atoms with E-state index in [-0.39, 0.29) is 37.7 Å². The van der Waals surface area contributed by atoms with Crippen molar-refractivity contribution in [2.24, 2.45) is 0 Å². The van der Waals surface area contributed by atoms with Gasteiger partial charge < -0.3 is 0 Å². The summed E-state index contributed by atoms with van der Waals surface area (Å²) in [7, 11) is -4.35. The summed E-state index contributed by atoms with van der Waals surface area (Å²) < 4.78 is 64.8. The maximum atomic E-state index is 13.0. The van der Waals surface area contributed by atoms with Crippen molar-refractivity contribution in [3.8, 4) is 0 Å². The van der Waals surface area contributed by atoms with Gasteiger partial charge in [0.2, 0.25) is 21.8 Å². The fraction of sp³-hybridized carbons (Fsp3) is 0.429. The van der Waals surface area contributed by atoms with Gasteiger partial charge in [0.1, 0.15) is 0 Å². The zero-order valence-corrected chi connectivity index (χ0v) is 13.1. The number of benzene rings is 1. The average molecular weight is 362 g/mol. The summed E-state index contributed by atoms with van der Waals surface area (Å²) in [6, 6.07) is 3.32. The summed E-state index contributed by atoms with van der Waals surface area (Å²) in [5.74, 6) is -0.754. The number of hydrogen-bond donors (Lipinski definition) is 0. The lowest BCUT2D eigenvalue weighted by molar-refractivity contribution is -0.143. The Balaban J connectivity index is 1.82. The Hall–Kier alpha value is -1.94. The van der Waals surface area contributed by atoms with Gasteiger partial charge in [0, 0.05) is 25.9 Å². The molecular formula is C14H13F3N2O4S. The predicted octanol–water partition coefficient (Wildman–Crippen LogP) is 1.23. The van der Waals surface area contributed by atoms with Gasteiger partial charge in [-0.25, -0.2) is 8.42 Å². The summed E-state index contributed by atoms with van der Waals surface area (Å²) in [6.07, 6.45) is -4.63. The number of alkyl halides is 3. The van der Waals surface area contributed by atoms with Crippen LogP contribution in [0.2, 0.25) is 0 Å². The van der Waals surface area contributed by atoms with Gasteiger partial charge in [-0.3, -0.25) is 14.5 Å². The summed E-state index contributed by atoms with van der Waals surface area (Å²) in [5.41, 5.74) is -1.23. The standard InChI is InChI=1S/C14H13F3N2O4S/c15-14(16,17)10-3-1-2-4-11(10)24(22,23)18-7-9(8-18)19-12(20)5-6-13(19)21/h1-4,9H,5-8H2. The molecule has 0 unspecified atom stereocenters. The highest BCUT2D eigenvalue weighted by Gasteiger charge is 2.47. The number of likely N-dealkylation sites (tertiary alicyclic amines) is 1. The predicted molar refractivity (Wildman–Crippen MR) is 75.1 cm³/mol. The molecule has 2 saturated heterocycles. The van der Waals surface area contributed by atoms with Crippen molar-refractivity contribution in [1.29, 1.82) is 0 Å². The lowest BCUT2D eigenvalue weighted by atomic mass is 10.1. The van der Waals surface area contributed by atoms with E-state index in [0.29, 0.717) is 6.07 Å². The lowest BCUT2D eigenvalue weighted by Gasteiger charge is -2.42. The molecule has 2 heterocycles. The number of rotatable bonds is 3. The molecule has 1 aromatic rings. The van der Waals surface area contributed by atoms with E-state index in [1.807, 2.05) is 0 Å². The third-order valence-electron chi connectivity index (χ3n) is 4.09. The van der Waals surface area contributed by atoms with Crippen LogP contribution in [0.3, 0.4) is 0 Å². The van der Waals surface area contributed by atoms with Crippen LogP contribution in [-0.2, 0) is 25.8 Å². The second-order valence-electron chi connectivity index (χ2n) is 5.63. The first-order valence-electron chi connectivity index (χ1n) is 7.13. The van der Waals surface area contributed by atoms with Crippen molar-refractivity contribution in [2.45, 2.75) is 30.0 Å². The van der Waals surface area contributed by atoms with E-state index in [9.17, 15) is 31.2 Å². The number of halogens is 3. The number of hydrogen-bond acceptors (Lipinski definition) is 4. The number of nitrogens with zero attached hydrogens (tertiary/aromatic N) is 2. The van der Waals surface area contributed by atoms with Gasteiger partial charge in [0.25, 0.3) is 0 Å². The molecule has 0 atom stereocenters. The first kappa shape index (κ1) is 16.9. The smallest absolute Gasteiger partial charge is 0.277 e. The molecule has 2 amide bonds. The first-order valence-corrected chi connectivity index (χ1v) is 8.57. The quantitative estimate of drug-likeness (QED) is 0.758. The maximum Gasteiger partial charge on any atom is 0.417 e. The number of imide groups is 1. The van der Waals surface area contributed by atoms with E-state index in [1.54, 1.807) is 0 Å². The summed E-state index contributed by atoms with van der Waals surface area (Å²) in [5, 5.41) is 0. The second-order valence-corrected chi connectivity index (χ2v) is 7.53. The normalized spacial score (nSPS) is 20.5. The SMILES string of the molecule is O=C1CCC(=O)N1C1CN(S(=O)(=O)c2ccccc2C(F)(F)F)C1. The van der Waals surface area contributed by atoms with Crippen LogP contribution >= 0.6 is 0 Å². The Labute approximate surface area is 135 Å². The molecule has 0 aliphatic carbocycles. The van der Waals surface area contributed by atoms with Gasteiger partial charge in [-0.15, -0.1) is 0 Å². The van der Waals surface area contributed by atoms with Crippen LogP contribution in [0.1, 0.15) is 18.4 Å². The van der Waals surface area contributed by atoms with E-state index >= 15 is 0 Å². The van der Waals surface area contributed by atoms with Crippen molar-refractivity contribution >= 4 is 21.8 Å². The first-order chi connectivity index (χ1) is 11.1. The summed E-state index contributed by atoms with van der Waals surface area (Å²) in [6.45, 7) is -0.377. The lowest BCUT2D eigenvalue weighted by Crippen LogP contribution is -2.62. The van der Waals surface area contributed by atoms with Crippen LogP contribution in [-0.4, -0.2) is 48.6 Å². The number of carbonyl (C=O) groups is 2. The van der Waals surface area contributed by atoms with Crippen LogP contribution in [0.15, 0.2) is 29.2 Å². The second kappa shape index (κ2) is 5.55. The maximum absolute atomic E-state index is 13.0. The van der Waals surface area contributed by atoms with Crippen molar-refractivity contribution < 1.29 is 31.2 Å². The van der Waals surface area contributed by atoms with Gasteiger partial charge in [0.15, 0.2) is 0 Å². The van der Waals surface area contributed by atoms with Gasteiger partial charge in [-0.05, 0) is 12.1 Å². The molecule has 6 nitrogen and oxygen atoms in total. The fourth-order valence-electron chi connectivity index (χ4n) is 2.84. The van der Waals surface area contributed by atoms with Crippen LogP contribution in [0.4, 0.5) is 13.2 Å². The minimum Gasteiger partial charge on any atom is -0.277 e. The van der Waals surface area contributed by atoms with Crippen LogP contribution in [0.25, 0.3) is 0 Å². The molecular weight excluding hydrogens is 349 g/mol. The Kier molecular flexibility index (Phi) is 3.91. The van der Waals surface area contributed by atoms with Crippen LogP contribution < -0.4 is 0 Å². The van der Waals surface area contributed by atoms with E-state index in [1.165, 1.54) is 6.07 Å². The third kappa shape index (κ3) is 2.69. The number of amides is 2. The molecule has 0 bridgehead atoms. The van der Waals surface area contributed by atoms with Crippen molar-refractivity contribution in [3.05, 3.63) is 29.8 Å². The summed E-state index contributed by atoms with van der Waals surface area (Å²) in [4.78, 5) is 23.4. The van der Waals surface area contributed by atoms with Crippen LogP contribution in [0, 0.1) is 0 Å². The minimum atomic E-state index is -4.80. The van der Waals surface area contributed by atoms with E-state index in [2.05, 4.69) is 0 Å². The fourth-order valence-corrected chi connectivity index (χ4v) is 4.57. The molecule has 0 saturated carbocycles. The van der Waals surface area contributed by atoms with Gasteiger partial charge in [-0.1, -0.05) is 12.1 Å². The molecule has 2 aliphatic rings. The molecule has 0 spiro atoms. The van der Waals surface area contributed by atoms with Crippen molar-refractivity contribution in [2.75, 3.05) is 13.1 Å². The van der Waals surface area contributed by atoms with E-state index in [4.69, 9.17) is 0 Å². The molecule has 2 aliphatic heterocycles. The topological polar surface area (TPSA) is 74.8 Å². The average Bonchev–Trinajstić information content (AvgIpc) is 2.77. The molecule has 0 N–H and O–H groups in total. The highest BCUT2D eigenvalue weighted by molar-refractivity contribution is 7.89. The largest absolute Gasteiger partial charge is 0.417 e. The molecule has 130 valence electrons. The highest BCUT2D eigenvalue weighted by atomic mass is 32.2. The molecule has 0 aromatic heterocycles. The molecule has 24 heavy (non-hydrogen) atoms. The third-order valence-corrected chi connectivity index (χ3v) is 5.98. The zero-order valence-electron chi connectivity index (χ0n) is 12.3. The molecule has 1 aromatic carbocycles. The number of sulfonamides is 1. The molecule has 0 radical (unpaired) electrons. The number of carbonyl (C=O) groups excluding carboxylic acids is 2. The Morgan fingerprint density at radius 1 is 1.00 bits per heavy atom. The minimum absolute atomic E-state index is 0.0823. The van der Waals surface area contributed by atoms with E-state index < -0.39 is 32.7 Å². The monoisotopic (exact) mass is 362 g/mol. The van der Waals surface area contributed by atoms with Crippen molar-refractivity contribution in [3.63, 3.8) is 0 Å². The molecule has 3 rings (SSSR count). The Bertz CT molecular complexity index is 784.